The Bertz CT molecular complexity index is 571. The van der Waals surface area contributed by atoms with Crippen molar-refractivity contribution >= 4 is 5.91 Å². The number of rotatable bonds is 7. The first-order valence-corrected chi connectivity index (χ1v) is 7.91. The topological polar surface area (TPSA) is 107 Å². The van der Waals surface area contributed by atoms with E-state index in [4.69, 9.17) is 10.2 Å². The molecule has 0 radical (unpaired) electrons. The minimum absolute atomic E-state index is 0.131. The highest BCUT2D eigenvalue weighted by Gasteiger charge is 2.19. The van der Waals surface area contributed by atoms with Gasteiger partial charge in [0.05, 0.1) is 5.56 Å². The van der Waals surface area contributed by atoms with Crippen molar-refractivity contribution in [2.24, 2.45) is 5.73 Å². The van der Waals surface area contributed by atoms with Crippen LogP contribution in [0.5, 0.6) is 0 Å². The molecule has 7 heteroatoms. The normalized spacial score (nSPS) is 11.3. The Hall–Kier alpha value is -2.28. The van der Waals surface area contributed by atoms with Gasteiger partial charge in [-0.2, -0.15) is 0 Å². The molecule has 23 heavy (non-hydrogen) atoms. The van der Waals surface area contributed by atoms with Crippen LogP contribution in [-0.4, -0.2) is 27.6 Å². The van der Waals surface area contributed by atoms with E-state index in [1.54, 1.807) is 18.5 Å². The van der Waals surface area contributed by atoms with Gasteiger partial charge in [0.25, 0.3) is 0 Å². The number of carbonyl (C=O) groups is 1. The van der Waals surface area contributed by atoms with E-state index in [0.717, 1.165) is 18.4 Å². The molecule has 0 aliphatic heterocycles. The molecule has 1 atom stereocenters. The third kappa shape index (κ3) is 6.15. The number of pyridine rings is 1. The SMILES string of the molecule is CC.CC(=O)NC(CCCCN)c1nnc(-c2cccnc2)o1. The van der Waals surface area contributed by atoms with E-state index in [2.05, 4.69) is 20.5 Å². The number of unbranched alkanes of at least 4 members (excludes halogenated alkanes) is 1. The predicted molar refractivity (Wildman–Crippen MR) is 88.3 cm³/mol. The van der Waals surface area contributed by atoms with Crippen LogP contribution < -0.4 is 11.1 Å². The van der Waals surface area contributed by atoms with Crippen LogP contribution in [-0.2, 0) is 4.79 Å². The zero-order chi connectivity index (χ0) is 17.1. The average molecular weight is 319 g/mol. The van der Waals surface area contributed by atoms with Crippen LogP contribution in [0, 0.1) is 0 Å². The zero-order valence-corrected chi connectivity index (χ0v) is 14.0. The summed E-state index contributed by atoms with van der Waals surface area (Å²) in [6, 6.07) is 3.35. The highest BCUT2D eigenvalue weighted by molar-refractivity contribution is 5.73. The molecular formula is C16H25N5O2. The summed E-state index contributed by atoms with van der Waals surface area (Å²) in [6.45, 7) is 6.09. The fourth-order valence-electron chi connectivity index (χ4n) is 1.98. The van der Waals surface area contributed by atoms with Gasteiger partial charge in [-0.25, -0.2) is 0 Å². The van der Waals surface area contributed by atoms with Gasteiger partial charge in [-0.15, -0.1) is 10.2 Å². The Morgan fingerprint density at radius 1 is 1.35 bits per heavy atom. The Morgan fingerprint density at radius 3 is 2.74 bits per heavy atom. The van der Waals surface area contributed by atoms with E-state index in [0.29, 0.717) is 24.7 Å². The molecule has 0 saturated carbocycles. The highest BCUT2D eigenvalue weighted by atomic mass is 16.4. The van der Waals surface area contributed by atoms with E-state index in [-0.39, 0.29) is 11.9 Å². The van der Waals surface area contributed by atoms with Gasteiger partial charge in [-0.1, -0.05) is 13.8 Å². The lowest BCUT2D eigenvalue weighted by molar-refractivity contribution is -0.119. The van der Waals surface area contributed by atoms with Crippen molar-refractivity contribution in [3.8, 4) is 11.5 Å². The summed E-state index contributed by atoms with van der Waals surface area (Å²) in [5.41, 5.74) is 6.24. The summed E-state index contributed by atoms with van der Waals surface area (Å²) < 4.78 is 5.66. The lowest BCUT2D eigenvalue weighted by atomic mass is 10.1. The van der Waals surface area contributed by atoms with Gasteiger partial charge in [-0.3, -0.25) is 9.78 Å². The lowest BCUT2D eigenvalue weighted by Gasteiger charge is -2.13. The van der Waals surface area contributed by atoms with Gasteiger partial charge in [0, 0.05) is 19.3 Å². The fraction of sp³-hybridized carbons (Fsp3) is 0.500. The maximum atomic E-state index is 11.3. The van der Waals surface area contributed by atoms with Gasteiger partial charge < -0.3 is 15.5 Å². The number of aromatic nitrogens is 3. The number of amides is 1. The van der Waals surface area contributed by atoms with Crippen LogP contribution in [0.3, 0.4) is 0 Å². The van der Waals surface area contributed by atoms with E-state index >= 15 is 0 Å². The number of carbonyl (C=O) groups excluding carboxylic acids is 1. The maximum Gasteiger partial charge on any atom is 0.249 e. The first kappa shape index (κ1) is 18.8. The van der Waals surface area contributed by atoms with Crippen LogP contribution in [0.25, 0.3) is 11.5 Å². The van der Waals surface area contributed by atoms with Gasteiger partial charge in [0.15, 0.2) is 0 Å². The number of hydrogen-bond acceptors (Lipinski definition) is 6. The molecule has 0 aliphatic rings. The third-order valence-corrected chi connectivity index (χ3v) is 2.97. The molecule has 2 rings (SSSR count). The molecule has 2 heterocycles. The van der Waals surface area contributed by atoms with Crippen molar-refractivity contribution in [2.45, 2.75) is 46.1 Å². The van der Waals surface area contributed by atoms with Crippen molar-refractivity contribution in [2.75, 3.05) is 6.54 Å². The van der Waals surface area contributed by atoms with Gasteiger partial charge >= 0.3 is 0 Å². The summed E-state index contributed by atoms with van der Waals surface area (Å²) in [5, 5.41) is 10.9. The second-order valence-corrected chi connectivity index (χ2v) is 4.72. The molecule has 0 aromatic carbocycles. The van der Waals surface area contributed by atoms with Crippen LogP contribution in [0.1, 0.15) is 52.0 Å². The first-order valence-electron chi connectivity index (χ1n) is 7.91. The van der Waals surface area contributed by atoms with Crippen molar-refractivity contribution in [1.82, 2.24) is 20.5 Å². The molecule has 0 fully saturated rings. The molecule has 2 aromatic heterocycles. The fourth-order valence-corrected chi connectivity index (χ4v) is 1.98. The van der Waals surface area contributed by atoms with Crippen molar-refractivity contribution in [1.29, 1.82) is 0 Å². The van der Waals surface area contributed by atoms with Gasteiger partial charge in [-0.05, 0) is 37.9 Å². The zero-order valence-electron chi connectivity index (χ0n) is 14.0. The summed E-state index contributed by atoms with van der Waals surface area (Å²) in [5.74, 6) is 0.669. The number of nitrogens with zero attached hydrogens (tertiary/aromatic N) is 3. The Balaban J connectivity index is 0.00000127. The van der Waals surface area contributed by atoms with Crippen LogP contribution >= 0.6 is 0 Å². The van der Waals surface area contributed by atoms with Gasteiger partial charge in [0.2, 0.25) is 17.7 Å². The number of nitrogens with two attached hydrogens (primary N) is 1. The molecule has 2 aromatic rings. The molecule has 0 aliphatic carbocycles. The quantitative estimate of drug-likeness (QED) is 0.759. The van der Waals surface area contributed by atoms with E-state index < -0.39 is 0 Å². The average Bonchev–Trinajstić information content (AvgIpc) is 3.06. The van der Waals surface area contributed by atoms with Crippen LogP contribution in [0.15, 0.2) is 28.9 Å². The molecule has 126 valence electrons. The third-order valence-electron chi connectivity index (χ3n) is 2.97. The van der Waals surface area contributed by atoms with E-state index in [1.165, 1.54) is 6.92 Å². The van der Waals surface area contributed by atoms with Crippen molar-refractivity contribution < 1.29 is 9.21 Å². The molecule has 0 bridgehead atoms. The van der Waals surface area contributed by atoms with Crippen molar-refractivity contribution in [3.63, 3.8) is 0 Å². The Kier molecular flexibility index (Phi) is 8.52. The maximum absolute atomic E-state index is 11.3. The highest BCUT2D eigenvalue weighted by Crippen LogP contribution is 2.22. The second kappa shape index (κ2) is 10.4. The molecule has 1 unspecified atom stereocenters. The van der Waals surface area contributed by atoms with E-state index in [1.807, 2.05) is 19.9 Å². The minimum Gasteiger partial charge on any atom is -0.418 e. The van der Waals surface area contributed by atoms with E-state index in [9.17, 15) is 4.79 Å². The molecular weight excluding hydrogens is 294 g/mol. The summed E-state index contributed by atoms with van der Waals surface area (Å²) in [4.78, 5) is 15.3. The predicted octanol–water partition coefficient (Wildman–Crippen LogP) is 2.46. The first-order chi connectivity index (χ1) is 11.2. The Labute approximate surface area is 136 Å². The monoisotopic (exact) mass is 319 g/mol. The molecule has 3 N–H and O–H groups in total. The summed E-state index contributed by atoms with van der Waals surface area (Å²) in [6.07, 6.45) is 5.81. The summed E-state index contributed by atoms with van der Waals surface area (Å²) in [7, 11) is 0. The number of hydrogen-bond donors (Lipinski definition) is 2. The smallest absolute Gasteiger partial charge is 0.249 e. The molecule has 0 spiro atoms. The number of nitrogens with one attached hydrogen (secondary N) is 1. The largest absolute Gasteiger partial charge is 0.418 e. The van der Waals surface area contributed by atoms with Gasteiger partial charge in [0.1, 0.15) is 6.04 Å². The Morgan fingerprint density at radius 2 is 2.13 bits per heavy atom. The standard InChI is InChI=1S/C14H19N5O2.C2H6/c1-10(20)17-12(6-2-3-7-15)14-19-18-13(21-14)11-5-4-8-16-9-11;1-2/h4-5,8-9,12H,2-3,6-7,15H2,1H3,(H,17,20);1-2H3. The summed E-state index contributed by atoms with van der Waals surface area (Å²) >= 11 is 0. The molecule has 7 nitrogen and oxygen atoms in total. The van der Waals surface area contributed by atoms with Crippen LogP contribution in [0.4, 0.5) is 0 Å². The lowest BCUT2D eigenvalue weighted by Crippen LogP contribution is -2.26. The molecule has 1 amide bonds. The second-order valence-electron chi connectivity index (χ2n) is 4.72. The minimum atomic E-state index is -0.285. The van der Waals surface area contributed by atoms with Crippen LogP contribution in [0.2, 0.25) is 0 Å². The van der Waals surface area contributed by atoms with Crippen molar-refractivity contribution in [3.05, 3.63) is 30.4 Å². The molecule has 0 saturated heterocycles.